The van der Waals surface area contributed by atoms with Crippen LogP contribution in [0.15, 0.2) is 42.9 Å². The van der Waals surface area contributed by atoms with Crippen LogP contribution in [0.3, 0.4) is 0 Å². The van der Waals surface area contributed by atoms with Crippen molar-refractivity contribution in [2.45, 2.75) is 13.5 Å². The summed E-state index contributed by atoms with van der Waals surface area (Å²) < 4.78 is 7.07. The van der Waals surface area contributed by atoms with Gasteiger partial charge in [0.2, 0.25) is 0 Å². The largest absolute Gasteiger partial charge is 0.383 e. The van der Waals surface area contributed by atoms with E-state index < -0.39 is 0 Å². The van der Waals surface area contributed by atoms with Gasteiger partial charge in [-0.2, -0.15) is 0 Å². The summed E-state index contributed by atoms with van der Waals surface area (Å²) >= 11 is 0. The Hall–Kier alpha value is -3.06. The topological polar surface area (TPSA) is 81.5 Å². The zero-order chi connectivity index (χ0) is 17.2. The Bertz CT molecular complexity index is 1000. The Morgan fingerprint density at radius 1 is 1.08 bits per heavy atom. The van der Waals surface area contributed by atoms with Crippen molar-refractivity contribution in [3.8, 4) is 22.6 Å². The van der Waals surface area contributed by atoms with Gasteiger partial charge in [-0.15, -0.1) is 5.10 Å². The molecule has 0 spiro atoms. The molecule has 0 aliphatic heterocycles. The van der Waals surface area contributed by atoms with Crippen LogP contribution in [0.2, 0.25) is 0 Å². The zero-order valence-electron chi connectivity index (χ0n) is 14.1. The average molecular weight is 334 g/mol. The number of methoxy groups -OCH3 is 1. The van der Waals surface area contributed by atoms with Crippen LogP contribution in [0.5, 0.6) is 0 Å². The molecular formula is C18H18N6O. The van der Waals surface area contributed by atoms with E-state index in [1.807, 2.05) is 16.9 Å². The molecule has 0 bridgehead atoms. The maximum atomic E-state index is 5.21. The highest BCUT2D eigenvalue weighted by Gasteiger charge is 2.20. The van der Waals surface area contributed by atoms with Crippen LogP contribution in [0.25, 0.3) is 33.7 Å². The number of fused-ring (bicyclic) bond motifs is 1. The third kappa shape index (κ3) is 2.78. The Morgan fingerprint density at radius 2 is 1.92 bits per heavy atom. The molecule has 0 aliphatic carbocycles. The minimum absolute atomic E-state index is 0.561. The van der Waals surface area contributed by atoms with Crippen molar-refractivity contribution in [1.82, 2.24) is 29.9 Å². The zero-order valence-corrected chi connectivity index (χ0v) is 14.1. The molecule has 0 unspecified atom stereocenters. The number of nitrogens with zero attached hydrogens (tertiary/aromatic N) is 5. The lowest BCUT2D eigenvalue weighted by molar-refractivity contribution is 0.183. The molecule has 3 heterocycles. The normalized spacial score (nSPS) is 11.3. The van der Waals surface area contributed by atoms with Gasteiger partial charge in [-0.3, -0.25) is 0 Å². The van der Waals surface area contributed by atoms with Gasteiger partial charge < -0.3 is 9.72 Å². The predicted octanol–water partition coefficient (Wildman–Crippen LogP) is 2.84. The molecule has 7 heteroatoms. The van der Waals surface area contributed by atoms with Crippen LogP contribution >= 0.6 is 0 Å². The van der Waals surface area contributed by atoms with E-state index in [4.69, 9.17) is 4.74 Å². The van der Waals surface area contributed by atoms with Crippen molar-refractivity contribution in [1.29, 1.82) is 0 Å². The lowest BCUT2D eigenvalue weighted by Gasteiger charge is -2.09. The van der Waals surface area contributed by atoms with Gasteiger partial charge in [-0.25, -0.2) is 14.6 Å². The number of rotatable bonds is 5. The molecule has 1 aromatic carbocycles. The highest BCUT2D eigenvalue weighted by atomic mass is 16.5. The average Bonchev–Trinajstić information content (AvgIpc) is 3.27. The maximum Gasteiger partial charge on any atom is 0.141 e. The first-order valence-corrected chi connectivity index (χ1v) is 8.06. The molecule has 4 aromatic rings. The molecule has 0 fully saturated rings. The summed E-state index contributed by atoms with van der Waals surface area (Å²) in [5, 5.41) is 9.68. The summed E-state index contributed by atoms with van der Waals surface area (Å²) in [5.74, 6) is 0. The number of aryl methyl sites for hydroxylation is 1. The van der Waals surface area contributed by atoms with E-state index >= 15 is 0 Å². The number of aromatic nitrogens is 6. The minimum Gasteiger partial charge on any atom is -0.383 e. The Morgan fingerprint density at radius 3 is 2.72 bits per heavy atom. The first kappa shape index (κ1) is 15.5. The first-order valence-electron chi connectivity index (χ1n) is 8.06. The fourth-order valence-electron chi connectivity index (χ4n) is 2.87. The van der Waals surface area contributed by atoms with Gasteiger partial charge in [-0.05, 0) is 13.0 Å². The van der Waals surface area contributed by atoms with E-state index in [-0.39, 0.29) is 0 Å². The second kappa shape index (κ2) is 6.45. The standard InChI is InChI=1S/C18H18N6O/c1-12-3-5-13(6-4-12)17-16(22-23-24(17)9-10-25-2)15-14-7-8-19-18(14)21-11-20-15/h3-8,11H,9-10H2,1-2H3,(H,19,20,21). The molecule has 3 aromatic heterocycles. The van der Waals surface area contributed by atoms with Crippen LogP contribution in [0.4, 0.5) is 0 Å². The van der Waals surface area contributed by atoms with Crippen molar-refractivity contribution >= 4 is 11.0 Å². The van der Waals surface area contributed by atoms with Crippen molar-refractivity contribution in [2.24, 2.45) is 0 Å². The van der Waals surface area contributed by atoms with Crippen LogP contribution in [0, 0.1) is 6.92 Å². The molecule has 0 aliphatic rings. The van der Waals surface area contributed by atoms with Crippen molar-refractivity contribution in [3.05, 3.63) is 48.4 Å². The summed E-state index contributed by atoms with van der Waals surface area (Å²) in [7, 11) is 1.68. The lowest BCUT2D eigenvalue weighted by atomic mass is 10.1. The summed E-state index contributed by atoms with van der Waals surface area (Å²) in [5.41, 5.74) is 5.47. The van der Waals surface area contributed by atoms with E-state index in [0.717, 1.165) is 33.7 Å². The molecule has 7 nitrogen and oxygen atoms in total. The summed E-state index contributed by atoms with van der Waals surface area (Å²) in [4.78, 5) is 11.8. The monoisotopic (exact) mass is 334 g/mol. The number of ether oxygens (including phenoxy) is 1. The van der Waals surface area contributed by atoms with Crippen LogP contribution in [-0.2, 0) is 11.3 Å². The van der Waals surface area contributed by atoms with Crippen molar-refractivity contribution in [2.75, 3.05) is 13.7 Å². The van der Waals surface area contributed by atoms with Crippen molar-refractivity contribution < 1.29 is 4.74 Å². The second-order valence-electron chi connectivity index (χ2n) is 5.83. The first-order chi connectivity index (χ1) is 12.3. The number of benzene rings is 1. The van der Waals surface area contributed by atoms with E-state index in [1.54, 1.807) is 13.4 Å². The van der Waals surface area contributed by atoms with Crippen LogP contribution in [0.1, 0.15) is 5.56 Å². The number of aromatic amines is 1. The SMILES string of the molecule is COCCn1nnc(-c2ncnc3[nH]ccc23)c1-c1ccc(C)cc1. The Kier molecular flexibility index (Phi) is 3.99. The third-order valence-electron chi connectivity index (χ3n) is 4.15. The molecular weight excluding hydrogens is 316 g/mol. The van der Waals surface area contributed by atoms with Crippen molar-refractivity contribution in [3.63, 3.8) is 0 Å². The number of hydrogen-bond acceptors (Lipinski definition) is 5. The van der Waals surface area contributed by atoms with Gasteiger partial charge in [0.15, 0.2) is 0 Å². The summed E-state index contributed by atoms with van der Waals surface area (Å²) in [6, 6.07) is 10.3. The molecule has 126 valence electrons. The van der Waals surface area contributed by atoms with E-state index in [0.29, 0.717) is 13.2 Å². The van der Waals surface area contributed by atoms with Gasteiger partial charge in [-0.1, -0.05) is 35.0 Å². The van der Waals surface area contributed by atoms with Gasteiger partial charge in [0.05, 0.1) is 18.8 Å². The predicted molar refractivity (Wildman–Crippen MR) is 95.0 cm³/mol. The second-order valence-corrected chi connectivity index (χ2v) is 5.83. The van der Waals surface area contributed by atoms with E-state index in [1.165, 1.54) is 5.56 Å². The molecule has 0 atom stereocenters. The molecule has 0 amide bonds. The van der Waals surface area contributed by atoms with E-state index in [2.05, 4.69) is 56.5 Å². The van der Waals surface area contributed by atoms with Crippen LogP contribution in [-0.4, -0.2) is 43.7 Å². The van der Waals surface area contributed by atoms with Gasteiger partial charge in [0.25, 0.3) is 0 Å². The summed E-state index contributed by atoms with van der Waals surface area (Å²) in [6.45, 7) is 3.25. The van der Waals surface area contributed by atoms with Gasteiger partial charge in [0.1, 0.15) is 23.4 Å². The number of H-pyrrole nitrogens is 1. The minimum atomic E-state index is 0.561. The highest BCUT2D eigenvalue weighted by Crippen LogP contribution is 2.32. The van der Waals surface area contributed by atoms with E-state index in [9.17, 15) is 0 Å². The number of hydrogen-bond donors (Lipinski definition) is 1. The molecule has 0 saturated heterocycles. The lowest BCUT2D eigenvalue weighted by Crippen LogP contribution is -2.07. The maximum absolute atomic E-state index is 5.21. The number of nitrogens with one attached hydrogen (secondary N) is 1. The van der Waals surface area contributed by atoms with Gasteiger partial charge >= 0.3 is 0 Å². The third-order valence-corrected chi connectivity index (χ3v) is 4.15. The Labute approximate surface area is 144 Å². The Balaban J connectivity index is 1.92. The molecule has 25 heavy (non-hydrogen) atoms. The molecule has 1 N–H and O–H groups in total. The fraction of sp³-hybridized carbons (Fsp3) is 0.222. The fourth-order valence-corrected chi connectivity index (χ4v) is 2.87. The highest BCUT2D eigenvalue weighted by molar-refractivity contribution is 5.93. The molecule has 0 radical (unpaired) electrons. The summed E-state index contributed by atoms with van der Waals surface area (Å²) in [6.07, 6.45) is 3.39. The smallest absolute Gasteiger partial charge is 0.141 e. The van der Waals surface area contributed by atoms with Gasteiger partial charge in [0, 0.05) is 24.3 Å². The molecule has 0 saturated carbocycles. The van der Waals surface area contributed by atoms with Crippen LogP contribution < -0.4 is 0 Å². The quantitative estimate of drug-likeness (QED) is 0.607. The molecule has 4 rings (SSSR count).